The molecule has 3 aromatic rings. The highest BCUT2D eigenvalue weighted by molar-refractivity contribution is 5.95. The molecule has 0 radical (unpaired) electrons. The van der Waals surface area contributed by atoms with Gasteiger partial charge in [-0.3, -0.25) is 9.78 Å². The lowest BCUT2D eigenvalue weighted by Gasteiger charge is -2.29. The van der Waals surface area contributed by atoms with Crippen LogP contribution < -0.4 is 10.3 Å². The van der Waals surface area contributed by atoms with E-state index in [9.17, 15) is 4.79 Å². The predicted molar refractivity (Wildman–Crippen MR) is 114 cm³/mol. The van der Waals surface area contributed by atoms with Gasteiger partial charge in [-0.05, 0) is 50.5 Å². The molecule has 7 heteroatoms. The molecule has 4 rings (SSSR count). The molecule has 2 aromatic heterocycles. The van der Waals surface area contributed by atoms with Gasteiger partial charge in [-0.2, -0.15) is 10.2 Å². The van der Waals surface area contributed by atoms with Crippen molar-refractivity contribution in [2.45, 2.75) is 26.2 Å². The van der Waals surface area contributed by atoms with Crippen LogP contribution in [0.5, 0.6) is 0 Å². The lowest BCUT2D eigenvalue weighted by atomic mass is 10.1. The number of nitrogens with one attached hydrogen (secondary N) is 1. The molecule has 0 bridgehead atoms. The first kappa shape index (κ1) is 18.9. The molecule has 148 valence electrons. The lowest BCUT2D eigenvalue weighted by Crippen LogP contribution is -2.32. The van der Waals surface area contributed by atoms with Crippen LogP contribution in [0.1, 0.15) is 40.9 Å². The normalized spacial score (nSPS) is 14.3. The van der Waals surface area contributed by atoms with Crippen LogP contribution in [0.15, 0.2) is 60.0 Å². The molecule has 1 aromatic carbocycles. The number of pyridine rings is 1. The van der Waals surface area contributed by atoms with E-state index in [1.807, 2.05) is 41.9 Å². The van der Waals surface area contributed by atoms with E-state index in [-0.39, 0.29) is 5.91 Å². The van der Waals surface area contributed by atoms with Gasteiger partial charge in [0.2, 0.25) is 0 Å². The number of aromatic nitrogens is 3. The number of carbonyl (C=O) groups is 1. The largest absolute Gasteiger partial charge is 0.356 e. The Bertz CT molecular complexity index is 991. The summed E-state index contributed by atoms with van der Waals surface area (Å²) in [7, 11) is 0. The quantitative estimate of drug-likeness (QED) is 0.537. The number of piperidine rings is 1. The Morgan fingerprint density at radius 2 is 1.90 bits per heavy atom. The SMILES string of the molecule is Cc1nn(-c2ccccc2)c(N2CCCCC2)c1C=NNC(=O)c1cccnc1. The Balaban J connectivity index is 1.65. The Kier molecular flexibility index (Phi) is 5.65. The maximum absolute atomic E-state index is 12.2. The van der Waals surface area contributed by atoms with Crippen molar-refractivity contribution in [2.75, 3.05) is 18.0 Å². The number of benzene rings is 1. The molecule has 3 heterocycles. The van der Waals surface area contributed by atoms with E-state index >= 15 is 0 Å². The fraction of sp³-hybridized carbons (Fsp3) is 0.273. The second-order valence-corrected chi connectivity index (χ2v) is 7.06. The van der Waals surface area contributed by atoms with Crippen LogP contribution in [0.3, 0.4) is 0 Å². The zero-order valence-electron chi connectivity index (χ0n) is 16.5. The summed E-state index contributed by atoms with van der Waals surface area (Å²) in [5, 5.41) is 8.98. The van der Waals surface area contributed by atoms with E-state index in [4.69, 9.17) is 5.10 Å². The first-order valence-corrected chi connectivity index (χ1v) is 9.87. The van der Waals surface area contributed by atoms with Crippen molar-refractivity contribution in [1.29, 1.82) is 0 Å². The number of hydrogen-bond donors (Lipinski definition) is 1. The van der Waals surface area contributed by atoms with Gasteiger partial charge in [0.1, 0.15) is 5.82 Å². The topological polar surface area (TPSA) is 75.4 Å². The van der Waals surface area contributed by atoms with Crippen LogP contribution in [0.4, 0.5) is 5.82 Å². The van der Waals surface area contributed by atoms with Gasteiger partial charge >= 0.3 is 0 Å². The van der Waals surface area contributed by atoms with Gasteiger partial charge in [-0.1, -0.05) is 18.2 Å². The van der Waals surface area contributed by atoms with E-state index in [2.05, 4.69) is 20.4 Å². The van der Waals surface area contributed by atoms with Gasteiger partial charge in [0, 0.05) is 25.5 Å². The van der Waals surface area contributed by atoms with Crippen molar-refractivity contribution >= 4 is 17.9 Å². The van der Waals surface area contributed by atoms with E-state index in [1.165, 1.54) is 12.6 Å². The minimum absolute atomic E-state index is 0.290. The van der Waals surface area contributed by atoms with E-state index in [1.54, 1.807) is 24.5 Å². The Hall–Kier alpha value is -3.48. The third kappa shape index (κ3) is 4.18. The molecule has 1 amide bonds. The molecule has 0 saturated carbocycles. The molecule has 1 aliphatic rings. The van der Waals surface area contributed by atoms with Crippen molar-refractivity contribution in [2.24, 2.45) is 5.10 Å². The van der Waals surface area contributed by atoms with Crippen LogP contribution in [-0.4, -0.2) is 40.0 Å². The van der Waals surface area contributed by atoms with Crippen molar-refractivity contribution in [1.82, 2.24) is 20.2 Å². The number of anilines is 1. The molecule has 0 aliphatic carbocycles. The number of hydrazone groups is 1. The zero-order valence-corrected chi connectivity index (χ0v) is 16.5. The van der Waals surface area contributed by atoms with Crippen molar-refractivity contribution in [3.05, 3.63) is 71.7 Å². The van der Waals surface area contributed by atoms with Crippen LogP contribution in [0, 0.1) is 6.92 Å². The van der Waals surface area contributed by atoms with Gasteiger partial charge < -0.3 is 4.90 Å². The van der Waals surface area contributed by atoms with Crippen molar-refractivity contribution < 1.29 is 4.79 Å². The Labute approximate surface area is 170 Å². The number of aryl methyl sites for hydroxylation is 1. The summed E-state index contributed by atoms with van der Waals surface area (Å²) in [6, 6.07) is 13.5. The molecule has 7 nitrogen and oxygen atoms in total. The Morgan fingerprint density at radius 3 is 2.62 bits per heavy atom. The zero-order chi connectivity index (χ0) is 20.1. The molecular formula is C22H24N6O. The number of hydrogen-bond acceptors (Lipinski definition) is 5. The summed E-state index contributed by atoms with van der Waals surface area (Å²) in [6.07, 6.45) is 8.41. The van der Waals surface area contributed by atoms with Crippen LogP contribution >= 0.6 is 0 Å². The first-order valence-electron chi connectivity index (χ1n) is 9.87. The number of nitrogens with zero attached hydrogens (tertiary/aromatic N) is 5. The van der Waals surface area contributed by atoms with Crippen LogP contribution in [0.2, 0.25) is 0 Å². The lowest BCUT2D eigenvalue weighted by molar-refractivity contribution is 0.0955. The number of amides is 1. The van der Waals surface area contributed by atoms with Crippen LogP contribution in [0.25, 0.3) is 5.69 Å². The molecule has 0 atom stereocenters. The fourth-order valence-electron chi connectivity index (χ4n) is 3.55. The third-order valence-electron chi connectivity index (χ3n) is 5.02. The summed E-state index contributed by atoms with van der Waals surface area (Å²) < 4.78 is 1.98. The Morgan fingerprint density at radius 1 is 1.10 bits per heavy atom. The second-order valence-electron chi connectivity index (χ2n) is 7.06. The van der Waals surface area contributed by atoms with E-state index in [0.29, 0.717) is 5.56 Å². The number of rotatable bonds is 5. The molecule has 1 N–H and O–H groups in total. The summed E-state index contributed by atoms with van der Waals surface area (Å²) >= 11 is 0. The minimum Gasteiger partial charge on any atom is -0.356 e. The maximum Gasteiger partial charge on any atom is 0.272 e. The molecule has 1 aliphatic heterocycles. The molecule has 1 fully saturated rings. The van der Waals surface area contributed by atoms with Gasteiger partial charge in [0.15, 0.2) is 0 Å². The number of carbonyl (C=O) groups excluding carboxylic acids is 1. The molecule has 1 saturated heterocycles. The standard InChI is InChI=1S/C22H24N6O/c1-17-20(16-24-25-21(29)18-9-8-12-23-15-18)22(27-13-6-3-7-14-27)28(26-17)19-10-4-2-5-11-19/h2,4-5,8-12,15-16H,3,6-7,13-14H2,1H3,(H,25,29). The van der Waals surface area contributed by atoms with E-state index < -0.39 is 0 Å². The smallest absolute Gasteiger partial charge is 0.272 e. The van der Waals surface area contributed by atoms with Crippen molar-refractivity contribution in [3.63, 3.8) is 0 Å². The second kappa shape index (κ2) is 8.68. The molecular weight excluding hydrogens is 364 g/mol. The highest BCUT2D eigenvalue weighted by Gasteiger charge is 2.22. The summed E-state index contributed by atoms with van der Waals surface area (Å²) in [5.41, 5.74) is 5.86. The first-order chi connectivity index (χ1) is 14.2. The maximum atomic E-state index is 12.2. The third-order valence-corrected chi connectivity index (χ3v) is 5.02. The minimum atomic E-state index is -0.290. The summed E-state index contributed by atoms with van der Waals surface area (Å²) in [4.78, 5) is 18.6. The van der Waals surface area contributed by atoms with Gasteiger partial charge in [0.25, 0.3) is 5.91 Å². The fourth-order valence-corrected chi connectivity index (χ4v) is 3.55. The predicted octanol–water partition coefficient (Wildman–Crippen LogP) is 3.33. The van der Waals surface area contributed by atoms with Gasteiger partial charge in [0.05, 0.1) is 28.7 Å². The van der Waals surface area contributed by atoms with Crippen molar-refractivity contribution in [3.8, 4) is 5.69 Å². The number of para-hydroxylation sites is 1. The molecule has 29 heavy (non-hydrogen) atoms. The summed E-state index contributed by atoms with van der Waals surface area (Å²) in [6.45, 7) is 3.94. The summed E-state index contributed by atoms with van der Waals surface area (Å²) in [5.74, 6) is 0.731. The average molecular weight is 388 g/mol. The monoisotopic (exact) mass is 388 g/mol. The molecule has 0 unspecified atom stereocenters. The van der Waals surface area contributed by atoms with Gasteiger partial charge in [-0.25, -0.2) is 10.1 Å². The molecule has 0 spiro atoms. The average Bonchev–Trinajstić information content (AvgIpc) is 3.12. The van der Waals surface area contributed by atoms with Crippen LogP contribution in [-0.2, 0) is 0 Å². The van der Waals surface area contributed by atoms with Gasteiger partial charge in [-0.15, -0.1) is 0 Å². The van der Waals surface area contributed by atoms with E-state index in [0.717, 1.165) is 48.7 Å². The highest BCUT2D eigenvalue weighted by atomic mass is 16.2. The highest BCUT2D eigenvalue weighted by Crippen LogP contribution is 2.28.